The van der Waals surface area contributed by atoms with E-state index in [1.165, 1.54) is 5.56 Å². The quantitative estimate of drug-likeness (QED) is 0.571. The fourth-order valence-corrected chi connectivity index (χ4v) is 2.80. The molecule has 0 saturated carbocycles. The van der Waals surface area contributed by atoms with E-state index in [9.17, 15) is 0 Å². The summed E-state index contributed by atoms with van der Waals surface area (Å²) in [7, 11) is 0. The highest BCUT2D eigenvalue weighted by Crippen LogP contribution is 2.28. The van der Waals surface area contributed by atoms with E-state index in [2.05, 4.69) is 58.4 Å². The van der Waals surface area contributed by atoms with Crippen molar-refractivity contribution in [1.82, 2.24) is 29.4 Å². The van der Waals surface area contributed by atoms with Gasteiger partial charge in [-0.3, -0.25) is 4.40 Å². The zero-order valence-corrected chi connectivity index (χ0v) is 13.2. The fourth-order valence-electron chi connectivity index (χ4n) is 2.80. The fraction of sp³-hybridized carbons (Fsp3) is 0.176. The Labute approximate surface area is 133 Å². The van der Waals surface area contributed by atoms with Crippen LogP contribution in [-0.2, 0) is 0 Å². The van der Waals surface area contributed by atoms with Gasteiger partial charge in [0.2, 0.25) is 0 Å². The average molecular weight is 304 g/mol. The first kappa shape index (κ1) is 13.6. The minimum atomic E-state index is 0.591. The smallest absolute Gasteiger partial charge is 0.254 e. The zero-order valence-electron chi connectivity index (χ0n) is 13.2. The second-order valence-corrected chi connectivity index (χ2v) is 5.74. The van der Waals surface area contributed by atoms with Crippen molar-refractivity contribution in [3.05, 3.63) is 59.9 Å². The molecule has 6 heteroatoms. The van der Waals surface area contributed by atoms with Gasteiger partial charge in [0.25, 0.3) is 5.78 Å². The molecule has 0 unspecified atom stereocenters. The van der Waals surface area contributed by atoms with Crippen LogP contribution < -0.4 is 0 Å². The molecular formula is C17H16N6. The van der Waals surface area contributed by atoms with Gasteiger partial charge in [-0.2, -0.15) is 5.10 Å². The Hall–Kier alpha value is -3.02. The average Bonchev–Trinajstić information content (AvgIpc) is 3.12. The van der Waals surface area contributed by atoms with Crippen LogP contribution >= 0.6 is 0 Å². The lowest BCUT2D eigenvalue weighted by Gasteiger charge is -2.12. The first-order valence-corrected chi connectivity index (χ1v) is 7.42. The molecule has 0 amide bonds. The van der Waals surface area contributed by atoms with E-state index in [1.54, 1.807) is 6.33 Å². The summed E-state index contributed by atoms with van der Waals surface area (Å²) < 4.78 is 3.80. The van der Waals surface area contributed by atoms with Crippen molar-refractivity contribution in [3.8, 4) is 16.8 Å². The summed E-state index contributed by atoms with van der Waals surface area (Å²) in [5, 5.41) is 12.5. The van der Waals surface area contributed by atoms with Crippen LogP contribution in [0.25, 0.3) is 22.6 Å². The number of aromatic nitrogens is 6. The lowest BCUT2D eigenvalue weighted by molar-refractivity contribution is 0.834. The van der Waals surface area contributed by atoms with Crippen LogP contribution in [-0.4, -0.2) is 29.4 Å². The summed E-state index contributed by atoms with van der Waals surface area (Å²) in [5.41, 5.74) is 6.42. The van der Waals surface area contributed by atoms with Crippen LogP contribution in [0, 0.1) is 20.8 Å². The Kier molecular flexibility index (Phi) is 2.97. The number of rotatable bonds is 2. The first-order chi connectivity index (χ1) is 11.1. The molecule has 114 valence electrons. The molecule has 3 heterocycles. The molecule has 0 spiro atoms. The van der Waals surface area contributed by atoms with E-state index >= 15 is 0 Å². The van der Waals surface area contributed by atoms with Gasteiger partial charge >= 0.3 is 0 Å². The summed E-state index contributed by atoms with van der Waals surface area (Å²) in [6, 6.07) is 8.42. The van der Waals surface area contributed by atoms with E-state index in [-0.39, 0.29) is 0 Å². The largest absolute Gasteiger partial charge is 0.272 e. The van der Waals surface area contributed by atoms with Crippen LogP contribution in [0.2, 0.25) is 0 Å². The van der Waals surface area contributed by atoms with Crippen LogP contribution in [0.3, 0.4) is 0 Å². The van der Waals surface area contributed by atoms with E-state index in [0.29, 0.717) is 5.78 Å². The number of fused-ring (bicyclic) bond motifs is 1. The standard InChI is InChI=1S/C17H16N6/c1-11-4-5-15(14-8-18-17-20-19-10-22(17)9-14)16(6-11)23-13(3)7-12(2)21-23/h4-10H,1-3H3. The Morgan fingerprint density at radius 1 is 1.04 bits per heavy atom. The normalized spacial score (nSPS) is 11.3. The second-order valence-electron chi connectivity index (χ2n) is 5.74. The summed E-state index contributed by atoms with van der Waals surface area (Å²) in [6.45, 7) is 6.15. The highest BCUT2D eigenvalue weighted by Gasteiger charge is 2.12. The van der Waals surface area contributed by atoms with Gasteiger partial charge in [0.05, 0.1) is 11.4 Å². The van der Waals surface area contributed by atoms with Gasteiger partial charge < -0.3 is 0 Å². The molecule has 0 aliphatic carbocycles. The SMILES string of the molecule is Cc1ccc(-c2cnc3nncn3c2)c(-n2nc(C)cc2C)c1. The molecular weight excluding hydrogens is 288 g/mol. The number of hydrogen-bond acceptors (Lipinski definition) is 4. The maximum atomic E-state index is 4.62. The molecule has 0 fully saturated rings. The molecule has 6 nitrogen and oxygen atoms in total. The van der Waals surface area contributed by atoms with Crippen molar-refractivity contribution >= 4 is 5.78 Å². The number of benzene rings is 1. The van der Waals surface area contributed by atoms with Crippen molar-refractivity contribution in [2.75, 3.05) is 0 Å². The van der Waals surface area contributed by atoms with E-state index in [1.807, 2.05) is 28.4 Å². The topological polar surface area (TPSA) is 60.9 Å². The molecule has 1 aromatic carbocycles. The Balaban J connectivity index is 1.96. The molecule has 0 saturated heterocycles. The third kappa shape index (κ3) is 2.28. The van der Waals surface area contributed by atoms with E-state index < -0.39 is 0 Å². The summed E-state index contributed by atoms with van der Waals surface area (Å²) in [5.74, 6) is 0.591. The van der Waals surface area contributed by atoms with Crippen LogP contribution in [0.15, 0.2) is 43.0 Å². The Morgan fingerprint density at radius 2 is 1.91 bits per heavy atom. The van der Waals surface area contributed by atoms with E-state index in [0.717, 1.165) is 28.2 Å². The van der Waals surface area contributed by atoms with Gasteiger partial charge in [-0.15, -0.1) is 10.2 Å². The maximum absolute atomic E-state index is 4.62. The summed E-state index contributed by atoms with van der Waals surface area (Å²) >= 11 is 0. The van der Waals surface area contributed by atoms with Crippen molar-refractivity contribution in [1.29, 1.82) is 0 Å². The van der Waals surface area contributed by atoms with Crippen molar-refractivity contribution in [2.24, 2.45) is 0 Å². The molecule has 0 N–H and O–H groups in total. The van der Waals surface area contributed by atoms with Crippen molar-refractivity contribution in [3.63, 3.8) is 0 Å². The molecule has 4 rings (SSSR count). The van der Waals surface area contributed by atoms with Crippen LogP contribution in [0.5, 0.6) is 0 Å². The van der Waals surface area contributed by atoms with Gasteiger partial charge in [-0.05, 0) is 38.5 Å². The molecule has 0 aliphatic rings. The zero-order chi connectivity index (χ0) is 16.0. The summed E-state index contributed by atoms with van der Waals surface area (Å²) in [4.78, 5) is 4.36. The highest BCUT2D eigenvalue weighted by molar-refractivity contribution is 5.73. The number of aryl methyl sites for hydroxylation is 3. The van der Waals surface area contributed by atoms with Gasteiger partial charge in [0, 0.05) is 29.2 Å². The van der Waals surface area contributed by atoms with Gasteiger partial charge in [0.15, 0.2) is 0 Å². The lowest BCUT2D eigenvalue weighted by Crippen LogP contribution is -2.03. The monoisotopic (exact) mass is 304 g/mol. The summed E-state index contributed by atoms with van der Waals surface area (Å²) in [6.07, 6.45) is 5.47. The van der Waals surface area contributed by atoms with Gasteiger partial charge in [-0.1, -0.05) is 12.1 Å². The van der Waals surface area contributed by atoms with Crippen molar-refractivity contribution in [2.45, 2.75) is 20.8 Å². The minimum Gasteiger partial charge on any atom is -0.272 e. The third-order valence-electron chi connectivity index (χ3n) is 3.85. The van der Waals surface area contributed by atoms with Crippen LogP contribution in [0.1, 0.15) is 17.0 Å². The highest BCUT2D eigenvalue weighted by atomic mass is 15.3. The number of hydrogen-bond donors (Lipinski definition) is 0. The molecule has 0 aliphatic heterocycles. The lowest BCUT2D eigenvalue weighted by atomic mass is 10.0. The van der Waals surface area contributed by atoms with Crippen LogP contribution in [0.4, 0.5) is 0 Å². The predicted octanol–water partition coefficient (Wildman–Crippen LogP) is 2.90. The van der Waals surface area contributed by atoms with Gasteiger partial charge in [0.1, 0.15) is 6.33 Å². The Morgan fingerprint density at radius 3 is 2.70 bits per heavy atom. The molecule has 4 aromatic rings. The third-order valence-corrected chi connectivity index (χ3v) is 3.85. The molecule has 23 heavy (non-hydrogen) atoms. The second kappa shape index (κ2) is 5.01. The van der Waals surface area contributed by atoms with Gasteiger partial charge in [-0.25, -0.2) is 9.67 Å². The first-order valence-electron chi connectivity index (χ1n) is 7.42. The van der Waals surface area contributed by atoms with E-state index in [4.69, 9.17) is 0 Å². The maximum Gasteiger partial charge on any atom is 0.254 e. The Bertz CT molecular complexity index is 1010. The molecule has 0 bridgehead atoms. The van der Waals surface area contributed by atoms with Crippen molar-refractivity contribution < 1.29 is 0 Å². The molecule has 0 radical (unpaired) electrons. The predicted molar refractivity (Wildman–Crippen MR) is 87.6 cm³/mol. The molecule has 0 atom stereocenters. The minimum absolute atomic E-state index is 0.591. The molecule has 3 aromatic heterocycles. The number of nitrogens with zero attached hydrogens (tertiary/aromatic N) is 6.